The number of aromatic nitrogens is 1. The van der Waals surface area contributed by atoms with Crippen molar-refractivity contribution >= 4 is 11.7 Å². The minimum atomic E-state index is -0.583. The number of nitrogen functional groups attached to an aromatic ring is 1. The highest BCUT2D eigenvalue weighted by Gasteiger charge is 2.11. The zero-order valence-electron chi connectivity index (χ0n) is 9.86. The van der Waals surface area contributed by atoms with Crippen LogP contribution in [0.3, 0.4) is 0 Å². The number of nitrogens with two attached hydrogens (primary N) is 1. The minimum Gasteiger partial charge on any atom is -0.383 e. The van der Waals surface area contributed by atoms with Gasteiger partial charge in [0.1, 0.15) is 17.5 Å². The third-order valence-electron chi connectivity index (χ3n) is 2.53. The number of carbonyl (C=O) groups excluding carboxylic acids is 1. The van der Waals surface area contributed by atoms with Crippen molar-refractivity contribution in [3.8, 4) is 0 Å². The lowest BCUT2D eigenvalue weighted by molar-refractivity contribution is 0.0951. The second kappa shape index (κ2) is 5.43. The summed E-state index contributed by atoms with van der Waals surface area (Å²) in [6, 6.07) is 6.12. The van der Waals surface area contributed by atoms with Crippen LogP contribution in [-0.4, -0.2) is 10.9 Å². The van der Waals surface area contributed by atoms with E-state index < -0.39 is 17.5 Å². The molecule has 6 heteroatoms. The second-order valence-corrected chi connectivity index (χ2v) is 3.85. The Kier molecular flexibility index (Phi) is 3.70. The molecule has 98 valence electrons. The maximum atomic E-state index is 13.3. The zero-order chi connectivity index (χ0) is 13.8. The fourth-order valence-electron chi connectivity index (χ4n) is 1.56. The van der Waals surface area contributed by atoms with Crippen molar-refractivity contribution in [2.24, 2.45) is 0 Å². The molecule has 0 saturated heterocycles. The predicted octanol–water partition coefficient (Wildman–Crippen LogP) is 1.87. The molecule has 2 rings (SSSR count). The average molecular weight is 263 g/mol. The van der Waals surface area contributed by atoms with Crippen molar-refractivity contribution in [1.82, 2.24) is 10.3 Å². The van der Waals surface area contributed by atoms with E-state index in [4.69, 9.17) is 5.73 Å². The first kappa shape index (κ1) is 12.9. The molecule has 0 unspecified atom stereocenters. The molecule has 0 bridgehead atoms. The number of pyridine rings is 1. The van der Waals surface area contributed by atoms with Crippen LogP contribution in [0, 0.1) is 11.6 Å². The quantitative estimate of drug-likeness (QED) is 0.888. The van der Waals surface area contributed by atoms with Gasteiger partial charge in [0.05, 0.1) is 5.56 Å². The number of benzene rings is 1. The molecular formula is C13H11F2N3O. The minimum absolute atomic E-state index is 0.0656. The average Bonchev–Trinajstić information content (AvgIpc) is 2.40. The first-order chi connectivity index (χ1) is 9.08. The summed E-state index contributed by atoms with van der Waals surface area (Å²) < 4.78 is 26.3. The molecule has 3 N–H and O–H groups in total. The number of nitrogens with zero attached hydrogens (tertiary/aromatic N) is 1. The van der Waals surface area contributed by atoms with Gasteiger partial charge in [-0.05, 0) is 30.3 Å². The molecule has 0 radical (unpaired) electrons. The van der Waals surface area contributed by atoms with Crippen LogP contribution in [0.25, 0.3) is 0 Å². The largest absolute Gasteiger partial charge is 0.383 e. The zero-order valence-corrected chi connectivity index (χ0v) is 9.86. The highest BCUT2D eigenvalue weighted by molar-refractivity contribution is 5.98. The molecule has 0 aliphatic heterocycles. The van der Waals surface area contributed by atoms with Gasteiger partial charge in [-0.25, -0.2) is 13.8 Å². The summed E-state index contributed by atoms with van der Waals surface area (Å²) in [5, 5.41) is 2.46. The Labute approximate surface area is 108 Å². The summed E-state index contributed by atoms with van der Waals surface area (Å²) in [5.41, 5.74) is 5.80. The van der Waals surface area contributed by atoms with Gasteiger partial charge in [-0.3, -0.25) is 4.79 Å². The summed E-state index contributed by atoms with van der Waals surface area (Å²) in [6.07, 6.45) is 1.46. The summed E-state index contributed by atoms with van der Waals surface area (Å²) in [7, 11) is 0. The van der Waals surface area contributed by atoms with Crippen LogP contribution >= 0.6 is 0 Å². The number of amides is 1. The second-order valence-electron chi connectivity index (χ2n) is 3.85. The number of halogens is 2. The van der Waals surface area contributed by atoms with Crippen LogP contribution in [0.5, 0.6) is 0 Å². The maximum Gasteiger partial charge on any atom is 0.255 e. The fourth-order valence-corrected chi connectivity index (χ4v) is 1.56. The maximum absolute atomic E-state index is 13.3. The standard InChI is InChI=1S/C13H11F2N3O/c14-9-3-4-11(15)8(6-9)7-18-13(19)10-2-1-5-17-12(10)16/h1-6H,7H2,(H2,16,17)(H,18,19). The van der Waals surface area contributed by atoms with E-state index in [2.05, 4.69) is 10.3 Å². The number of anilines is 1. The van der Waals surface area contributed by atoms with E-state index in [0.717, 1.165) is 18.2 Å². The summed E-state index contributed by atoms with van der Waals surface area (Å²) in [4.78, 5) is 15.6. The SMILES string of the molecule is Nc1ncccc1C(=O)NCc1cc(F)ccc1F. The number of rotatable bonds is 3. The molecule has 0 aliphatic carbocycles. The van der Waals surface area contributed by atoms with Gasteiger partial charge in [-0.1, -0.05) is 0 Å². The van der Waals surface area contributed by atoms with E-state index >= 15 is 0 Å². The Balaban J connectivity index is 2.09. The van der Waals surface area contributed by atoms with E-state index in [-0.39, 0.29) is 23.5 Å². The van der Waals surface area contributed by atoms with Crippen molar-refractivity contribution in [2.45, 2.75) is 6.54 Å². The van der Waals surface area contributed by atoms with Crippen molar-refractivity contribution in [2.75, 3.05) is 5.73 Å². The Bertz CT molecular complexity index is 617. The fraction of sp³-hybridized carbons (Fsp3) is 0.0769. The summed E-state index contributed by atoms with van der Waals surface area (Å²) >= 11 is 0. The third kappa shape index (κ3) is 3.04. The van der Waals surface area contributed by atoms with E-state index in [1.165, 1.54) is 12.3 Å². The van der Waals surface area contributed by atoms with Crippen LogP contribution in [0.2, 0.25) is 0 Å². The van der Waals surface area contributed by atoms with Gasteiger partial charge >= 0.3 is 0 Å². The van der Waals surface area contributed by atoms with Crippen LogP contribution in [0.1, 0.15) is 15.9 Å². The lowest BCUT2D eigenvalue weighted by atomic mass is 10.2. The summed E-state index contributed by atoms with van der Waals surface area (Å²) in [5.74, 6) is -1.55. The highest BCUT2D eigenvalue weighted by Crippen LogP contribution is 2.11. The first-order valence-corrected chi connectivity index (χ1v) is 5.50. The third-order valence-corrected chi connectivity index (χ3v) is 2.53. The van der Waals surface area contributed by atoms with Gasteiger partial charge in [0.15, 0.2) is 0 Å². The molecule has 0 saturated carbocycles. The number of hydrogen-bond acceptors (Lipinski definition) is 3. The number of nitrogens with one attached hydrogen (secondary N) is 1. The molecule has 4 nitrogen and oxygen atoms in total. The van der Waals surface area contributed by atoms with Crippen LogP contribution in [0.15, 0.2) is 36.5 Å². The van der Waals surface area contributed by atoms with Crippen molar-refractivity contribution in [1.29, 1.82) is 0 Å². The topological polar surface area (TPSA) is 68.0 Å². The lowest BCUT2D eigenvalue weighted by Gasteiger charge is -2.07. The normalized spacial score (nSPS) is 10.2. The molecule has 1 aromatic carbocycles. The molecule has 0 fully saturated rings. The molecule has 1 amide bonds. The Morgan fingerprint density at radius 2 is 2.11 bits per heavy atom. The smallest absolute Gasteiger partial charge is 0.255 e. The first-order valence-electron chi connectivity index (χ1n) is 5.50. The van der Waals surface area contributed by atoms with Gasteiger partial charge < -0.3 is 11.1 Å². The molecule has 2 aromatic rings. The van der Waals surface area contributed by atoms with Crippen molar-refractivity contribution in [3.63, 3.8) is 0 Å². The van der Waals surface area contributed by atoms with Crippen LogP contribution in [0.4, 0.5) is 14.6 Å². The van der Waals surface area contributed by atoms with Crippen LogP contribution < -0.4 is 11.1 Å². The van der Waals surface area contributed by atoms with Crippen molar-refractivity contribution < 1.29 is 13.6 Å². The van der Waals surface area contributed by atoms with Crippen LogP contribution in [-0.2, 0) is 6.54 Å². The van der Waals surface area contributed by atoms with E-state index in [1.807, 2.05) is 0 Å². The highest BCUT2D eigenvalue weighted by atomic mass is 19.1. The van der Waals surface area contributed by atoms with Gasteiger partial charge in [-0.2, -0.15) is 0 Å². The van der Waals surface area contributed by atoms with Gasteiger partial charge in [0.2, 0.25) is 0 Å². The molecule has 1 heterocycles. The predicted molar refractivity (Wildman–Crippen MR) is 66.2 cm³/mol. The molecule has 0 atom stereocenters. The van der Waals surface area contributed by atoms with Gasteiger partial charge in [0, 0.05) is 18.3 Å². The number of hydrogen-bond donors (Lipinski definition) is 2. The van der Waals surface area contributed by atoms with Gasteiger partial charge in [-0.15, -0.1) is 0 Å². The molecule has 1 aromatic heterocycles. The summed E-state index contributed by atoms with van der Waals surface area (Å²) in [6.45, 7) is -0.128. The van der Waals surface area contributed by atoms with E-state index in [1.54, 1.807) is 6.07 Å². The van der Waals surface area contributed by atoms with E-state index in [0.29, 0.717) is 0 Å². The monoisotopic (exact) mass is 263 g/mol. The number of carbonyl (C=O) groups is 1. The van der Waals surface area contributed by atoms with Gasteiger partial charge in [0.25, 0.3) is 5.91 Å². The molecule has 0 spiro atoms. The van der Waals surface area contributed by atoms with Crippen molar-refractivity contribution in [3.05, 3.63) is 59.3 Å². The Hall–Kier alpha value is -2.50. The lowest BCUT2D eigenvalue weighted by Crippen LogP contribution is -2.24. The van der Waals surface area contributed by atoms with E-state index in [9.17, 15) is 13.6 Å². The Morgan fingerprint density at radius 1 is 1.32 bits per heavy atom. The Morgan fingerprint density at radius 3 is 2.84 bits per heavy atom. The molecular weight excluding hydrogens is 252 g/mol. The molecule has 0 aliphatic rings. The molecule has 19 heavy (non-hydrogen) atoms.